The Kier molecular flexibility index (Phi) is 6.46. The molecule has 0 heterocycles. The van der Waals surface area contributed by atoms with Crippen LogP contribution < -0.4 is 5.32 Å². The maximum absolute atomic E-state index is 11.6. The Morgan fingerprint density at radius 2 is 2.10 bits per heavy atom. The van der Waals surface area contributed by atoms with E-state index in [1.165, 1.54) is 6.42 Å². The lowest BCUT2D eigenvalue weighted by molar-refractivity contribution is -0.145. The Balaban J connectivity index is 2.39. The van der Waals surface area contributed by atoms with Crippen molar-refractivity contribution in [2.75, 3.05) is 20.1 Å². The molecule has 0 bridgehead atoms. The molecule has 3 atom stereocenters. The van der Waals surface area contributed by atoms with Crippen LogP contribution in [0.25, 0.3) is 0 Å². The van der Waals surface area contributed by atoms with Crippen LogP contribution in [0.4, 0.5) is 0 Å². The molecule has 118 valence electrons. The molecule has 0 amide bonds. The van der Waals surface area contributed by atoms with E-state index in [0.29, 0.717) is 12.8 Å². The van der Waals surface area contributed by atoms with Crippen molar-refractivity contribution in [1.82, 2.24) is 10.2 Å². The van der Waals surface area contributed by atoms with Crippen molar-refractivity contribution < 1.29 is 9.90 Å². The minimum Gasteiger partial charge on any atom is -0.480 e. The molecule has 20 heavy (non-hydrogen) atoms. The summed E-state index contributed by atoms with van der Waals surface area (Å²) in [7, 11) is 2.15. The SMILES string of the molecule is CCC(CCCN(C)CC1CC1C)(NC(C)C)C(=O)O. The summed E-state index contributed by atoms with van der Waals surface area (Å²) in [6.07, 6.45) is 3.61. The Bertz CT molecular complexity index is 320. The summed E-state index contributed by atoms with van der Waals surface area (Å²) in [5, 5.41) is 12.8. The molecule has 0 aromatic rings. The first-order valence-electron chi connectivity index (χ1n) is 8.00. The molecule has 0 saturated heterocycles. The van der Waals surface area contributed by atoms with E-state index in [1.807, 2.05) is 20.8 Å². The topological polar surface area (TPSA) is 52.6 Å². The van der Waals surface area contributed by atoms with Crippen LogP contribution >= 0.6 is 0 Å². The zero-order valence-electron chi connectivity index (χ0n) is 13.8. The van der Waals surface area contributed by atoms with Crippen LogP contribution in [0.1, 0.15) is 53.4 Å². The highest BCUT2D eigenvalue weighted by Crippen LogP contribution is 2.38. The van der Waals surface area contributed by atoms with E-state index < -0.39 is 11.5 Å². The van der Waals surface area contributed by atoms with Gasteiger partial charge in [0.15, 0.2) is 0 Å². The fraction of sp³-hybridized carbons (Fsp3) is 0.938. The van der Waals surface area contributed by atoms with Crippen LogP contribution in [0.5, 0.6) is 0 Å². The van der Waals surface area contributed by atoms with E-state index in [0.717, 1.165) is 31.3 Å². The Labute approximate surface area is 123 Å². The van der Waals surface area contributed by atoms with Gasteiger partial charge in [0.1, 0.15) is 5.54 Å². The molecule has 2 N–H and O–H groups in total. The molecule has 1 saturated carbocycles. The van der Waals surface area contributed by atoms with Gasteiger partial charge in [0.2, 0.25) is 0 Å². The van der Waals surface area contributed by atoms with Gasteiger partial charge >= 0.3 is 5.97 Å². The predicted octanol–water partition coefficient (Wildman–Crippen LogP) is 2.59. The Morgan fingerprint density at radius 3 is 2.50 bits per heavy atom. The van der Waals surface area contributed by atoms with Crippen LogP contribution in [-0.4, -0.2) is 47.7 Å². The highest BCUT2D eigenvalue weighted by molar-refractivity contribution is 5.78. The van der Waals surface area contributed by atoms with Gasteiger partial charge in [-0.2, -0.15) is 0 Å². The normalized spacial score (nSPS) is 24.9. The fourth-order valence-electron chi connectivity index (χ4n) is 3.02. The smallest absolute Gasteiger partial charge is 0.323 e. The summed E-state index contributed by atoms with van der Waals surface area (Å²) in [6.45, 7) is 10.4. The molecule has 4 heteroatoms. The minimum atomic E-state index is -0.762. The summed E-state index contributed by atoms with van der Waals surface area (Å²) in [6, 6.07) is 0.191. The van der Waals surface area contributed by atoms with Crippen molar-refractivity contribution in [3.8, 4) is 0 Å². The molecule has 1 rings (SSSR count). The number of hydrogen-bond acceptors (Lipinski definition) is 3. The fourth-order valence-corrected chi connectivity index (χ4v) is 3.02. The number of nitrogens with one attached hydrogen (secondary N) is 1. The second-order valence-corrected chi connectivity index (χ2v) is 6.88. The summed E-state index contributed by atoms with van der Waals surface area (Å²) in [5.74, 6) is 1.03. The molecule has 1 fully saturated rings. The summed E-state index contributed by atoms with van der Waals surface area (Å²) >= 11 is 0. The van der Waals surface area contributed by atoms with Gasteiger partial charge in [-0.1, -0.05) is 13.8 Å². The third-order valence-corrected chi connectivity index (χ3v) is 4.54. The van der Waals surface area contributed by atoms with Gasteiger partial charge in [0, 0.05) is 12.6 Å². The molecular formula is C16H32N2O2. The first-order valence-corrected chi connectivity index (χ1v) is 8.00. The molecule has 0 aromatic heterocycles. The second kappa shape index (κ2) is 7.41. The third kappa shape index (κ3) is 5.06. The highest BCUT2D eigenvalue weighted by atomic mass is 16.4. The monoisotopic (exact) mass is 284 g/mol. The number of aliphatic carboxylic acids is 1. The first kappa shape index (κ1) is 17.4. The van der Waals surface area contributed by atoms with Gasteiger partial charge < -0.3 is 10.0 Å². The lowest BCUT2D eigenvalue weighted by atomic mass is 9.89. The highest BCUT2D eigenvalue weighted by Gasteiger charge is 2.37. The van der Waals surface area contributed by atoms with Crippen LogP contribution in [0.2, 0.25) is 0 Å². The van der Waals surface area contributed by atoms with Gasteiger partial charge in [-0.25, -0.2) is 0 Å². The Hall–Kier alpha value is -0.610. The van der Waals surface area contributed by atoms with Crippen molar-refractivity contribution in [3.63, 3.8) is 0 Å². The molecule has 0 aliphatic heterocycles. The Morgan fingerprint density at radius 1 is 1.50 bits per heavy atom. The standard InChI is InChI=1S/C16H32N2O2/c1-6-16(15(19)20,17-12(2)3)8-7-9-18(5)11-14-10-13(14)4/h12-14,17H,6-11H2,1-5H3,(H,19,20). The lowest BCUT2D eigenvalue weighted by Crippen LogP contribution is -2.54. The van der Waals surface area contributed by atoms with Crippen molar-refractivity contribution in [2.24, 2.45) is 11.8 Å². The maximum Gasteiger partial charge on any atom is 0.323 e. The number of carboxylic acids is 1. The molecule has 3 unspecified atom stereocenters. The van der Waals surface area contributed by atoms with Gasteiger partial charge in [-0.15, -0.1) is 0 Å². The van der Waals surface area contributed by atoms with E-state index in [4.69, 9.17) is 0 Å². The number of carbonyl (C=O) groups is 1. The molecule has 1 aliphatic rings. The van der Waals surface area contributed by atoms with Crippen LogP contribution in [0, 0.1) is 11.8 Å². The number of rotatable bonds is 10. The number of carboxylic acid groups (broad SMARTS) is 1. The van der Waals surface area contributed by atoms with Gasteiger partial charge in [0.05, 0.1) is 0 Å². The molecule has 0 radical (unpaired) electrons. The van der Waals surface area contributed by atoms with Crippen molar-refractivity contribution in [1.29, 1.82) is 0 Å². The molecule has 0 spiro atoms. The van der Waals surface area contributed by atoms with E-state index in [-0.39, 0.29) is 6.04 Å². The lowest BCUT2D eigenvalue weighted by Gasteiger charge is -2.32. The molecule has 1 aliphatic carbocycles. The van der Waals surface area contributed by atoms with Crippen molar-refractivity contribution in [3.05, 3.63) is 0 Å². The van der Waals surface area contributed by atoms with Crippen LogP contribution in [-0.2, 0) is 4.79 Å². The van der Waals surface area contributed by atoms with E-state index >= 15 is 0 Å². The molecule has 0 aromatic carbocycles. The van der Waals surface area contributed by atoms with Gasteiger partial charge in [-0.05, 0) is 65.0 Å². The second-order valence-electron chi connectivity index (χ2n) is 6.88. The summed E-state index contributed by atoms with van der Waals surface area (Å²) < 4.78 is 0. The summed E-state index contributed by atoms with van der Waals surface area (Å²) in [5.41, 5.74) is -0.762. The van der Waals surface area contributed by atoms with Crippen molar-refractivity contribution in [2.45, 2.75) is 65.0 Å². The molecule has 4 nitrogen and oxygen atoms in total. The van der Waals surface area contributed by atoms with Gasteiger partial charge in [0.25, 0.3) is 0 Å². The minimum absolute atomic E-state index is 0.191. The van der Waals surface area contributed by atoms with Crippen LogP contribution in [0.3, 0.4) is 0 Å². The third-order valence-electron chi connectivity index (χ3n) is 4.54. The first-order chi connectivity index (χ1) is 9.30. The van der Waals surface area contributed by atoms with Crippen molar-refractivity contribution >= 4 is 5.97 Å². The van der Waals surface area contributed by atoms with Crippen LogP contribution in [0.15, 0.2) is 0 Å². The number of hydrogen-bond donors (Lipinski definition) is 2. The zero-order valence-corrected chi connectivity index (χ0v) is 13.8. The summed E-state index contributed by atoms with van der Waals surface area (Å²) in [4.78, 5) is 14.0. The van der Waals surface area contributed by atoms with Gasteiger partial charge in [-0.3, -0.25) is 10.1 Å². The van der Waals surface area contributed by atoms with E-state index in [1.54, 1.807) is 0 Å². The average molecular weight is 284 g/mol. The molecular weight excluding hydrogens is 252 g/mol. The average Bonchev–Trinajstić information content (AvgIpc) is 3.02. The largest absolute Gasteiger partial charge is 0.480 e. The quantitative estimate of drug-likeness (QED) is 0.647. The van der Waals surface area contributed by atoms with E-state index in [2.05, 4.69) is 24.2 Å². The number of nitrogens with zero attached hydrogens (tertiary/aromatic N) is 1. The van der Waals surface area contributed by atoms with E-state index in [9.17, 15) is 9.90 Å². The maximum atomic E-state index is 11.6. The zero-order chi connectivity index (χ0) is 15.3. The predicted molar refractivity (Wildman–Crippen MR) is 82.9 cm³/mol.